The third kappa shape index (κ3) is 3.68. The molecule has 1 aliphatic carbocycles. The molecular weight excluding hydrogens is 237 g/mol. The van der Waals surface area contributed by atoms with E-state index in [-0.39, 0.29) is 5.82 Å². The van der Waals surface area contributed by atoms with Gasteiger partial charge in [0.05, 0.1) is 0 Å². The first kappa shape index (κ1) is 12.8. The summed E-state index contributed by atoms with van der Waals surface area (Å²) in [6.07, 6.45) is 4.44. The number of nitrogens with one attached hydrogen (secondary N) is 1. The maximum absolute atomic E-state index is 13.7. The van der Waals surface area contributed by atoms with Crippen molar-refractivity contribution in [1.29, 1.82) is 0 Å². The molecule has 1 fully saturated rings. The lowest BCUT2D eigenvalue weighted by molar-refractivity contribution is 0.451. The van der Waals surface area contributed by atoms with Crippen molar-refractivity contribution in [2.24, 2.45) is 5.92 Å². The second kappa shape index (κ2) is 5.83. The first-order valence-corrected chi connectivity index (χ1v) is 6.75. The maximum atomic E-state index is 13.7. The van der Waals surface area contributed by atoms with E-state index in [1.165, 1.54) is 18.9 Å². The number of rotatable bonds is 6. The smallest absolute Gasteiger partial charge is 0.127 e. The summed E-state index contributed by atoms with van der Waals surface area (Å²) in [6.45, 7) is 3.16. The summed E-state index contributed by atoms with van der Waals surface area (Å²) in [6, 6.07) is 5.40. The predicted molar refractivity (Wildman–Crippen MR) is 69.9 cm³/mol. The minimum atomic E-state index is -0.179. The van der Waals surface area contributed by atoms with Crippen LogP contribution in [0.3, 0.4) is 0 Å². The number of benzene rings is 1. The molecule has 0 spiro atoms. The van der Waals surface area contributed by atoms with E-state index in [0.717, 1.165) is 30.9 Å². The zero-order chi connectivity index (χ0) is 12.3. The summed E-state index contributed by atoms with van der Waals surface area (Å²) < 4.78 is 13.7. The average Bonchev–Trinajstić information content (AvgIpc) is 3.11. The lowest BCUT2D eigenvalue weighted by Crippen LogP contribution is -2.34. The van der Waals surface area contributed by atoms with E-state index in [1.807, 2.05) is 0 Å². The van der Waals surface area contributed by atoms with Crippen molar-refractivity contribution in [1.82, 2.24) is 5.32 Å². The molecule has 0 radical (unpaired) electrons. The second-order valence-corrected chi connectivity index (χ2v) is 5.27. The zero-order valence-corrected chi connectivity index (χ0v) is 10.9. The van der Waals surface area contributed by atoms with Gasteiger partial charge in [-0.25, -0.2) is 4.39 Å². The highest BCUT2D eigenvalue weighted by Crippen LogP contribution is 2.34. The van der Waals surface area contributed by atoms with Crippen LogP contribution in [0.25, 0.3) is 0 Å². The molecule has 0 heterocycles. The Morgan fingerprint density at radius 1 is 1.47 bits per heavy atom. The molecule has 94 valence electrons. The summed E-state index contributed by atoms with van der Waals surface area (Å²) in [4.78, 5) is 0. The van der Waals surface area contributed by atoms with Crippen LogP contribution in [0.1, 0.15) is 31.7 Å². The Balaban J connectivity index is 2.00. The molecule has 0 saturated heterocycles. The Morgan fingerprint density at radius 2 is 2.24 bits per heavy atom. The third-order valence-corrected chi connectivity index (χ3v) is 3.54. The fourth-order valence-electron chi connectivity index (χ4n) is 2.16. The van der Waals surface area contributed by atoms with Crippen LogP contribution >= 0.6 is 11.6 Å². The Morgan fingerprint density at radius 3 is 2.82 bits per heavy atom. The molecule has 3 heteroatoms. The highest BCUT2D eigenvalue weighted by molar-refractivity contribution is 6.30. The molecule has 0 bridgehead atoms. The molecule has 1 atom stereocenters. The lowest BCUT2D eigenvalue weighted by Gasteiger charge is -2.18. The fourth-order valence-corrected chi connectivity index (χ4v) is 2.32. The van der Waals surface area contributed by atoms with E-state index in [1.54, 1.807) is 12.1 Å². The molecule has 1 aromatic rings. The van der Waals surface area contributed by atoms with Crippen molar-refractivity contribution in [2.45, 2.75) is 38.6 Å². The van der Waals surface area contributed by atoms with E-state index in [4.69, 9.17) is 11.6 Å². The van der Waals surface area contributed by atoms with E-state index < -0.39 is 0 Å². The minimum Gasteiger partial charge on any atom is -0.313 e. The Hall–Kier alpha value is -0.600. The highest BCUT2D eigenvalue weighted by Gasteiger charge is 2.31. The Labute approximate surface area is 107 Å². The van der Waals surface area contributed by atoms with Gasteiger partial charge in [0.15, 0.2) is 0 Å². The zero-order valence-electron chi connectivity index (χ0n) is 10.2. The fraction of sp³-hybridized carbons (Fsp3) is 0.571. The maximum Gasteiger partial charge on any atom is 0.127 e. The topological polar surface area (TPSA) is 12.0 Å². The van der Waals surface area contributed by atoms with Gasteiger partial charge < -0.3 is 5.32 Å². The van der Waals surface area contributed by atoms with Gasteiger partial charge in [-0.2, -0.15) is 0 Å². The number of halogens is 2. The van der Waals surface area contributed by atoms with Crippen molar-refractivity contribution in [2.75, 3.05) is 6.54 Å². The van der Waals surface area contributed by atoms with Gasteiger partial charge in [-0.1, -0.05) is 24.6 Å². The van der Waals surface area contributed by atoms with Crippen LogP contribution in [0.2, 0.25) is 5.02 Å². The quantitative estimate of drug-likeness (QED) is 0.815. The summed E-state index contributed by atoms with van der Waals surface area (Å²) in [5.74, 6) is 0.554. The van der Waals surface area contributed by atoms with Crippen LogP contribution in [-0.4, -0.2) is 12.6 Å². The number of hydrogen-bond donors (Lipinski definition) is 1. The molecule has 0 amide bonds. The molecular formula is C14H19ClFN. The summed E-state index contributed by atoms with van der Waals surface area (Å²) in [5, 5.41) is 3.99. The minimum absolute atomic E-state index is 0.179. The van der Waals surface area contributed by atoms with Gasteiger partial charge in [0.25, 0.3) is 0 Å². The van der Waals surface area contributed by atoms with Crippen molar-refractivity contribution in [3.05, 3.63) is 34.6 Å². The van der Waals surface area contributed by atoms with Crippen molar-refractivity contribution in [3.63, 3.8) is 0 Å². The van der Waals surface area contributed by atoms with Crippen LogP contribution < -0.4 is 5.32 Å². The van der Waals surface area contributed by atoms with Crippen molar-refractivity contribution < 1.29 is 4.39 Å². The van der Waals surface area contributed by atoms with Crippen LogP contribution in [0.5, 0.6) is 0 Å². The molecule has 1 aliphatic rings. The molecule has 1 saturated carbocycles. The molecule has 17 heavy (non-hydrogen) atoms. The van der Waals surface area contributed by atoms with Gasteiger partial charge in [-0.3, -0.25) is 0 Å². The third-order valence-electron chi connectivity index (χ3n) is 3.30. The van der Waals surface area contributed by atoms with Gasteiger partial charge in [0.2, 0.25) is 0 Å². The largest absolute Gasteiger partial charge is 0.313 e. The van der Waals surface area contributed by atoms with E-state index in [9.17, 15) is 4.39 Å². The van der Waals surface area contributed by atoms with Crippen LogP contribution in [0.15, 0.2) is 18.2 Å². The van der Waals surface area contributed by atoms with Crippen molar-refractivity contribution >= 4 is 11.6 Å². The molecule has 1 nitrogen and oxygen atoms in total. The highest BCUT2D eigenvalue weighted by atomic mass is 35.5. The SMILES string of the molecule is CCCNC(Cc1ccc(Cl)cc1F)C1CC1. The Bertz CT molecular complexity index is 376. The molecule has 1 unspecified atom stereocenters. The average molecular weight is 256 g/mol. The van der Waals surface area contributed by atoms with Gasteiger partial charge in [0.1, 0.15) is 5.82 Å². The molecule has 0 aromatic heterocycles. The second-order valence-electron chi connectivity index (χ2n) is 4.84. The summed E-state index contributed by atoms with van der Waals surface area (Å²) in [7, 11) is 0. The predicted octanol–water partition coefficient (Wildman–Crippen LogP) is 3.80. The van der Waals surface area contributed by atoms with E-state index in [0.29, 0.717) is 11.1 Å². The van der Waals surface area contributed by atoms with Gasteiger partial charge in [0, 0.05) is 11.1 Å². The molecule has 0 aliphatic heterocycles. The van der Waals surface area contributed by atoms with Gasteiger partial charge in [-0.15, -0.1) is 0 Å². The normalized spacial score (nSPS) is 17.1. The van der Waals surface area contributed by atoms with E-state index in [2.05, 4.69) is 12.2 Å². The Kier molecular flexibility index (Phi) is 4.41. The standard InChI is InChI=1S/C14H19ClFN/c1-2-7-17-14(10-3-4-10)8-11-5-6-12(15)9-13(11)16/h5-6,9-10,14,17H,2-4,7-8H2,1H3. The molecule has 1 N–H and O–H groups in total. The molecule has 1 aromatic carbocycles. The van der Waals surface area contributed by atoms with Crippen molar-refractivity contribution in [3.8, 4) is 0 Å². The number of hydrogen-bond acceptors (Lipinski definition) is 1. The molecule has 2 rings (SSSR count). The van der Waals surface area contributed by atoms with E-state index >= 15 is 0 Å². The lowest BCUT2D eigenvalue weighted by atomic mass is 10.0. The first-order chi connectivity index (χ1) is 8.20. The monoisotopic (exact) mass is 255 g/mol. The van der Waals surface area contributed by atoms with Crippen LogP contribution in [0.4, 0.5) is 4.39 Å². The first-order valence-electron chi connectivity index (χ1n) is 6.38. The summed E-state index contributed by atoms with van der Waals surface area (Å²) >= 11 is 5.76. The summed E-state index contributed by atoms with van der Waals surface area (Å²) in [5.41, 5.74) is 0.773. The van der Waals surface area contributed by atoms with Crippen LogP contribution in [-0.2, 0) is 6.42 Å². The van der Waals surface area contributed by atoms with Gasteiger partial charge in [-0.05, 0) is 55.8 Å². The van der Waals surface area contributed by atoms with Gasteiger partial charge >= 0.3 is 0 Å². The van der Waals surface area contributed by atoms with Crippen LogP contribution in [0, 0.1) is 11.7 Å².